The first kappa shape index (κ1) is 17.6. The summed E-state index contributed by atoms with van der Waals surface area (Å²) in [6.07, 6.45) is 4.18. The molecule has 3 aromatic rings. The van der Waals surface area contributed by atoms with Crippen LogP contribution in [0.25, 0.3) is 0 Å². The van der Waals surface area contributed by atoms with Crippen molar-refractivity contribution in [1.82, 2.24) is 9.88 Å². The van der Waals surface area contributed by atoms with Gasteiger partial charge in [-0.05, 0) is 47.7 Å². The number of thiophene rings is 1. The van der Waals surface area contributed by atoms with E-state index >= 15 is 0 Å². The second-order valence-corrected chi connectivity index (χ2v) is 6.98. The van der Waals surface area contributed by atoms with E-state index in [1.165, 1.54) is 17.0 Å². The molecule has 25 heavy (non-hydrogen) atoms. The zero-order valence-corrected chi connectivity index (χ0v) is 14.9. The Morgan fingerprint density at radius 3 is 2.80 bits per heavy atom. The van der Waals surface area contributed by atoms with Gasteiger partial charge in [-0.3, -0.25) is 9.78 Å². The van der Waals surface area contributed by atoms with Crippen LogP contribution in [-0.2, 0) is 13.0 Å². The first-order chi connectivity index (χ1) is 12.1. The minimum atomic E-state index is -0.459. The van der Waals surface area contributed by atoms with Crippen molar-refractivity contribution >= 4 is 28.8 Å². The Kier molecular flexibility index (Phi) is 5.79. The van der Waals surface area contributed by atoms with Crippen LogP contribution in [0.3, 0.4) is 0 Å². The lowest BCUT2D eigenvalue weighted by molar-refractivity contribution is 0.0745. The Morgan fingerprint density at radius 1 is 1.24 bits per heavy atom. The summed E-state index contributed by atoms with van der Waals surface area (Å²) in [5.41, 5.74) is 1.23. The predicted molar refractivity (Wildman–Crippen MR) is 98.4 cm³/mol. The lowest BCUT2D eigenvalue weighted by Crippen LogP contribution is -2.32. The van der Waals surface area contributed by atoms with Gasteiger partial charge in [0.2, 0.25) is 0 Å². The van der Waals surface area contributed by atoms with Crippen LogP contribution >= 0.6 is 22.9 Å². The average molecular weight is 375 g/mol. The molecule has 1 amide bonds. The van der Waals surface area contributed by atoms with Crippen LogP contribution in [0.5, 0.6) is 0 Å². The van der Waals surface area contributed by atoms with Crippen molar-refractivity contribution in [2.24, 2.45) is 0 Å². The number of halogens is 2. The molecular formula is C19H16ClFN2OS. The molecule has 0 bridgehead atoms. The minimum Gasteiger partial charge on any atom is -0.334 e. The van der Waals surface area contributed by atoms with Gasteiger partial charge in [0.15, 0.2) is 0 Å². The summed E-state index contributed by atoms with van der Waals surface area (Å²) in [6, 6.07) is 11.6. The zero-order valence-electron chi connectivity index (χ0n) is 13.4. The van der Waals surface area contributed by atoms with Crippen molar-refractivity contribution in [1.29, 1.82) is 0 Å². The molecule has 6 heteroatoms. The minimum absolute atomic E-state index is 0.123. The summed E-state index contributed by atoms with van der Waals surface area (Å²) < 4.78 is 13.3. The van der Waals surface area contributed by atoms with E-state index in [9.17, 15) is 9.18 Å². The molecule has 128 valence electrons. The number of rotatable bonds is 6. The van der Waals surface area contributed by atoms with Crippen molar-refractivity contribution < 1.29 is 9.18 Å². The van der Waals surface area contributed by atoms with Gasteiger partial charge in [-0.25, -0.2) is 4.39 Å². The first-order valence-electron chi connectivity index (χ1n) is 7.79. The quantitative estimate of drug-likeness (QED) is 0.619. The summed E-state index contributed by atoms with van der Waals surface area (Å²) in [7, 11) is 0. The van der Waals surface area contributed by atoms with Crippen LogP contribution in [0.15, 0.2) is 60.2 Å². The van der Waals surface area contributed by atoms with Crippen molar-refractivity contribution in [3.63, 3.8) is 0 Å². The van der Waals surface area contributed by atoms with Gasteiger partial charge in [0, 0.05) is 30.4 Å². The summed E-state index contributed by atoms with van der Waals surface area (Å²) in [5, 5.41) is 2.14. The number of amides is 1. The van der Waals surface area contributed by atoms with Gasteiger partial charge in [-0.15, -0.1) is 11.3 Å². The van der Waals surface area contributed by atoms with Gasteiger partial charge in [0.05, 0.1) is 10.6 Å². The number of pyridine rings is 1. The molecule has 0 atom stereocenters. The standard InChI is InChI=1S/C19H16ClFN2OS/c20-18-11-15(21)5-6-17(18)19(24)23(9-7-16-4-2-10-25-16)13-14-3-1-8-22-12-14/h1-6,8,10-12H,7,9,13H2. The topological polar surface area (TPSA) is 33.2 Å². The van der Waals surface area contributed by atoms with Crippen molar-refractivity contribution in [3.8, 4) is 0 Å². The van der Waals surface area contributed by atoms with Crippen LogP contribution in [-0.4, -0.2) is 22.3 Å². The summed E-state index contributed by atoms with van der Waals surface area (Å²) in [5.74, 6) is -0.677. The van der Waals surface area contributed by atoms with Gasteiger partial charge in [-0.1, -0.05) is 23.7 Å². The molecule has 0 spiro atoms. The molecule has 1 aromatic carbocycles. The van der Waals surface area contributed by atoms with Crippen LogP contribution in [0.1, 0.15) is 20.8 Å². The van der Waals surface area contributed by atoms with E-state index in [4.69, 9.17) is 11.6 Å². The third-order valence-corrected chi connectivity index (χ3v) is 5.00. The highest BCUT2D eigenvalue weighted by atomic mass is 35.5. The number of hydrogen-bond donors (Lipinski definition) is 0. The average Bonchev–Trinajstić information content (AvgIpc) is 3.12. The van der Waals surface area contributed by atoms with Gasteiger partial charge < -0.3 is 4.90 Å². The molecule has 2 aromatic heterocycles. The van der Waals surface area contributed by atoms with Crippen LogP contribution in [0.4, 0.5) is 4.39 Å². The van der Waals surface area contributed by atoms with E-state index in [1.807, 2.05) is 29.6 Å². The molecule has 3 nitrogen and oxygen atoms in total. The monoisotopic (exact) mass is 374 g/mol. The molecule has 0 unspecified atom stereocenters. The highest BCUT2D eigenvalue weighted by Crippen LogP contribution is 2.21. The largest absolute Gasteiger partial charge is 0.334 e. The van der Waals surface area contributed by atoms with E-state index < -0.39 is 5.82 Å². The lowest BCUT2D eigenvalue weighted by Gasteiger charge is -2.23. The second-order valence-electron chi connectivity index (χ2n) is 5.54. The second kappa shape index (κ2) is 8.23. The zero-order chi connectivity index (χ0) is 17.6. The number of benzene rings is 1. The Labute approximate surface area is 154 Å². The molecule has 0 saturated carbocycles. The third-order valence-electron chi connectivity index (χ3n) is 3.75. The highest BCUT2D eigenvalue weighted by molar-refractivity contribution is 7.09. The summed E-state index contributed by atoms with van der Waals surface area (Å²) >= 11 is 7.73. The highest BCUT2D eigenvalue weighted by Gasteiger charge is 2.19. The molecule has 0 fully saturated rings. The van der Waals surface area contributed by atoms with Crippen LogP contribution in [0.2, 0.25) is 5.02 Å². The summed E-state index contributed by atoms with van der Waals surface area (Å²) in [6.45, 7) is 0.966. The van der Waals surface area contributed by atoms with Gasteiger partial charge in [0.1, 0.15) is 5.82 Å². The first-order valence-corrected chi connectivity index (χ1v) is 9.05. The Balaban J connectivity index is 1.82. The van der Waals surface area contributed by atoms with E-state index in [0.29, 0.717) is 18.7 Å². The molecule has 0 radical (unpaired) electrons. The SMILES string of the molecule is O=C(c1ccc(F)cc1Cl)N(CCc1cccs1)Cc1cccnc1. The molecule has 0 N–H and O–H groups in total. The van der Waals surface area contributed by atoms with Gasteiger partial charge >= 0.3 is 0 Å². The molecule has 3 rings (SSSR count). The van der Waals surface area contributed by atoms with Crippen molar-refractivity contribution in [2.45, 2.75) is 13.0 Å². The number of hydrogen-bond acceptors (Lipinski definition) is 3. The van der Waals surface area contributed by atoms with Crippen molar-refractivity contribution in [2.75, 3.05) is 6.54 Å². The molecule has 0 aliphatic rings. The maximum Gasteiger partial charge on any atom is 0.255 e. The van der Waals surface area contributed by atoms with E-state index in [2.05, 4.69) is 4.98 Å². The fourth-order valence-corrected chi connectivity index (χ4v) is 3.44. The molecule has 0 saturated heterocycles. The van der Waals surface area contributed by atoms with Gasteiger partial charge in [0.25, 0.3) is 5.91 Å². The maximum absolute atomic E-state index is 13.3. The molecule has 0 aliphatic heterocycles. The number of carbonyl (C=O) groups is 1. The van der Waals surface area contributed by atoms with E-state index in [0.717, 1.165) is 18.1 Å². The lowest BCUT2D eigenvalue weighted by atomic mass is 10.1. The smallest absolute Gasteiger partial charge is 0.255 e. The fraction of sp³-hybridized carbons (Fsp3) is 0.158. The predicted octanol–water partition coefficient (Wildman–Crippen LogP) is 4.82. The Morgan fingerprint density at radius 2 is 2.12 bits per heavy atom. The number of aromatic nitrogens is 1. The maximum atomic E-state index is 13.3. The third kappa shape index (κ3) is 4.65. The van der Waals surface area contributed by atoms with E-state index in [1.54, 1.807) is 28.6 Å². The van der Waals surface area contributed by atoms with E-state index in [-0.39, 0.29) is 10.9 Å². The fourth-order valence-electron chi connectivity index (χ4n) is 2.50. The summed E-state index contributed by atoms with van der Waals surface area (Å²) in [4.78, 5) is 20.0. The Bertz CT molecular complexity index is 840. The van der Waals surface area contributed by atoms with Crippen LogP contribution in [0, 0.1) is 5.82 Å². The van der Waals surface area contributed by atoms with Crippen LogP contribution < -0.4 is 0 Å². The molecular weight excluding hydrogens is 359 g/mol. The number of carbonyl (C=O) groups excluding carboxylic acids is 1. The van der Waals surface area contributed by atoms with Crippen molar-refractivity contribution in [3.05, 3.63) is 87.1 Å². The molecule has 0 aliphatic carbocycles. The normalized spacial score (nSPS) is 10.6. The van der Waals surface area contributed by atoms with Gasteiger partial charge in [-0.2, -0.15) is 0 Å². The Hall–Kier alpha value is -2.24. The number of nitrogens with zero attached hydrogens (tertiary/aromatic N) is 2. The molecule has 2 heterocycles.